The van der Waals surface area contributed by atoms with Crippen LogP contribution in [0.2, 0.25) is 0 Å². The number of esters is 1. The maximum atomic E-state index is 11.4. The molecule has 0 amide bonds. The first-order valence-corrected chi connectivity index (χ1v) is 10.6. The molecule has 0 rings (SSSR count). The van der Waals surface area contributed by atoms with Gasteiger partial charge in [-0.1, -0.05) is 96.8 Å². The Morgan fingerprint density at radius 1 is 0.769 bits per heavy atom. The SMILES string of the molecule is CCCCCCCCCCCCCCCCCC(=O)OCC(O)CO.P. The molecule has 0 aliphatic carbocycles. The molecule has 0 spiro atoms. The molecule has 158 valence electrons. The Hall–Kier alpha value is -0.180. The summed E-state index contributed by atoms with van der Waals surface area (Å²) >= 11 is 0. The lowest BCUT2D eigenvalue weighted by atomic mass is 10.0. The van der Waals surface area contributed by atoms with Crippen LogP contribution in [0.5, 0.6) is 0 Å². The summed E-state index contributed by atoms with van der Waals surface area (Å²) in [4.78, 5) is 11.4. The molecule has 0 aromatic rings. The Morgan fingerprint density at radius 3 is 1.54 bits per heavy atom. The highest BCUT2D eigenvalue weighted by Gasteiger charge is 2.07. The molecule has 2 N–H and O–H groups in total. The van der Waals surface area contributed by atoms with Crippen molar-refractivity contribution in [1.29, 1.82) is 0 Å². The monoisotopic (exact) mass is 392 g/mol. The van der Waals surface area contributed by atoms with Crippen LogP contribution in [0, 0.1) is 0 Å². The number of carbonyl (C=O) groups is 1. The van der Waals surface area contributed by atoms with Crippen molar-refractivity contribution in [2.75, 3.05) is 13.2 Å². The summed E-state index contributed by atoms with van der Waals surface area (Å²) in [6.07, 6.45) is 19.0. The van der Waals surface area contributed by atoms with Gasteiger partial charge in [-0.25, -0.2) is 0 Å². The molecule has 0 saturated heterocycles. The maximum Gasteiger partial charge on any atom is 0.305 e. The average Bonchev–Trinajstić information content (AvgIpc) is 2.62. The van der Waals surface area contributed by atoms with E-state index < -0.39 is 6.10 Å². The summed E-state index contributed by atoms with van der Waals surface area (Å²) in [5.41, 5.74) is 0. The van der Waals surface area contributed by atoms with Crippen molar-refractivity contribution in [3.8, 4) is 0 Å². The molecular weight excluding hydrogens is 347 g/mol. The Balaban J connectivity index is 0. The van der Waals surface area contributed by atoms with E-state index in [-0.39, 0.29) is 29.1 Å². The number of hydrogen-bond donors (Lipinski definition) is 2. The largest absolute Gasteiger partial charge is 0.463 e. The second-order valence-electron chi connectivity index (χ2n) is 7.22. The minimum Gasteiger partial charge on any atom is -0.463 e. The van der Waals surface area contributed by atoms with E-state index in [9.17, 15) is 4.79 Å². The molecule has 0 aliphatic heterocycles. The average molecular weight is 393 g/mol. The fourth-order valence-electron chi connectivity index (χ4n) is 2.95. The first-order valence-electron chi connectivity index (χ1n) is 10.6. The topological polar surface area (TPSA) is 66.8 Å². The van der Waals surface area contributed by atoms with Gasteiger partial charge in [-0.2, -0.15) is 9.90 Å². The summed E-state index contributed by atoms with van der Waals surface area (Å²) in [6.45, 7) is 1.79. The number of rotatable bonds is 19. The molecule has 26 heavy (non-hydrogen) atoms. The highest BCUT2D eigenvalue weighted by atomic mass is 31.0. The van der Waals surface area contributed by atoms with Crippen molar-refractivity contribution < 1.29 is 19.7 Å². The zero-order chi connectivity index (χ0) is 18.6. The summed E-state index contributed by atoms with van der Waals surface area (Å²) in [6, 6.07) is 0. The zero-order valence-electron chi connectivity index (χ0n) is 17.2. The summed E-state index contributed by atoms with van der Waals surface area (Å²) < 4.78 is 4.86. The predicted molar refractivity (Wildman–Crippen MR) is 115 cm³/mol. The lowest BCUT2D eigenvalue weighted by Crippen LogP contribution is -2.21. The number of aliphatic hydroxyl groups is 2. The second kappa shape index (κ2) is 22.9. The molecule has 5 heteroatoms. The van der Waals surface area contributed by atoms with Crippen LogP contribution in [0.15, 0.2) is 0 Å². The molecule has 0 aromatic carbocycles. The molecule has 0 aromatic heterocycles. The van der Waals surface area contributed by atoms with Gasteiger partial charge >= 0.3 is 5.97 Å². The fourth-order valence-corrected chi connectivity index (χ4v) is 2.95. The van der Waals surface area contributed by atoms with Gasteiger partial charge in [0.2, 0.25) is 0 Å². The number of unbranched alkanes of at least 4 members (excludes halogenated alkanes) is 14. The van der Waals surface area contributed by atoms with Crippen molar-refractivity contribution in [3.63, 3.8) is 0 Å². The Labute approximate surface area is 165 Å². The molecule has 2 unspecified atom stereocenters. The highest BCUT2D eigenvalue weighted by molar-refractivity contribution is 6.92. The van der Waals surface area contributed by atoms with Gasteiger partial charge in [0.25, 0.3) is 0 Å². The summed E-state index contributed by atoms with van der Waals surface area (Å²) in [5.74, 6) is -0.276. The van der Waals surface area contributed by atoms with Gasteiger partial charge in [0.15, 0.2) is 0 Å². The van der Waals surface area contributed by atoms with E-state index in [0.29, 0.717) is 6.42 Å². The van der Waals surface area contributed by atoms with Crippen molar-refractivity contribution in [2.24, 2.45) is 0 Å². The van der Waals surface area contributed by atoms with E-state index in [1.54, 1.807) is 0 Å². The van der Waals surface area contributed by atoms with Gasteiger partial charge < -0.3 is 14.9 Å². The molecule has 2 atom stereocenters. The number of ether oxygens (including phenoxy) is 1. The van der Waals surface area contributed by atoms with Gasteiger partial charge in [0.05, 0.1) is 6.61 Å². The summed E-state index contributed by atoms with van der Waals surface area (Å²) in [5, 5.41) is 17.7. The molecule has 0 aliphatic rings. The lowest BCUT2D eigenvalue weighted by Gasteiger charge is -2.08. The van der Waals surface area contributed by atoms with Crippen molar-refractivity contribution >= 4 is 15.9 Å². The third kappa shape index (κ3) is 21.9. The van der Waals surface area contributed by atoms with Crippen molar-refractivity contribution in [1.82, 2.24) is 0 Å². The fraction of sp³-hybridized carbons (Fsp3) is 0.952. The van der Waals surface area contributed by atoms with E-state index in [2.05, 4.69) is 6.92 Å². The van der Waals surface area contributed by atoms with E-state index in [0.717, 1.165) is 12.8 Å². The number of hydrogen-bond acceptors (Lipinski definition) is 4. The van der Waals surface area contributed by atoms with Crippen LogP contribution >= 0.6 is 9.90 Å². The van der Waals surface area contributed by atoms with Gasteiger partial charge in [-0.05, 0) is 6.42 Å². The van der Waals surface area contributed by atoms with Crippen LogP contribution in [-0.2, 0) is 9.53 Å². The Bertz CT molecular complexity index is 287. The lowest BCUT2D eigenvalue weighted by molar-refractivity contribution is -0.147. The third-order valence-corrected chi connectivity index (χ3v) is 4.63. The Kier molecular flexibility index (Phi) is 24.6. The van der Waals surface area contributed by atoms with Crippen molar-refractivity contribution in [3.05, 3.63) is 0 Å². The van der Waals surface area contributed by atoms with E-state index in [1.165, 1.54) is 83.5 Å². The second-order valence-corrected chi connectivity index (χ2v) is 7.22. The van der Waals surface area contributed by atoms with Crippen LogP contribution in [0.25, 0.3) is 0 Å². The molecule has 0 heterocycles. The zero-order valence-corrected chi connectivity index (χ0v) is 18.6. The van der Waals surface area contributed by atoms with Gasteiger partial charge in [0.1, 0.15) is 12.7 Å². The smallest absolute Gasteiger partial charge is 0.305 e. The quantitative estimate of drug-likeness (QED) is 0.180. The van der Waals surface area contributed by atoms with Gasteiger partial charge in [0, 0.05) is 6.42 Å². The molecule has 0 fully saturated rings. The minimum absolute atomic E-state index is 0. The van der Waals surface area contributed by atoms with Crippen LogP contribution in [0.4, 0.5) is 0 Å². The maximum absolute atomic E-state index is 11.4. The molecular formula is C21H45O4P. The van der Waals surface area contributed by atoms with Crippen LogP contribution < -0.4 is 0 Å². The van der Waals surface area contributed by atoms with E-state index >= 15 is 0 Å². The number of aliphatic hydroxyl groups excluding tert-OH is 2. The van der Waals surface area contributed by atoms with Gasteiger partial charge in [-0.3, -0.25) is 4.79 Å². The van der Waals surface area contributed by atoms with Gasteiger partial charge in [-0.15, -0.1) is 0 Å². The van der Waals surface area contributed by atoms with E-state index in [1.807, 2.05) is 0 Å². The number of carbonyl (C=O) groups excluding carboxylic acids is 1. The third-order valence-electron chi connectivity index (χ3n) is 4.63. The first kappa shape index (κ1) is 28.0. The molecule has 0 radical (unpaired) electrons. The normalized spacial score (nSPS) is 11.8. The van der Waals surface area contributed by atoms with Crippen LogP contribution in [0.1, 0.15) is 110 Å². The predicted octanol–water partition coefficient (Wildman–Crippen LogP) is 5.20. The minimum atomic E-state index is -0.954. The van der Waals surface area contributed by atoms with E-state index in [4.69, 9.17) is 14.9 Å². The molecule has 4 nitrogen and oxygen atoms in total. The molecule has 0 bridgehead atoms. The Morgan fingerprint density at radius 2 is 1.15 bits per heavy atom. The van der Waals surface area contributed by atoms with Crippen LogP contribution in [0.3, 0.4) is 0 Å². The van der Waals surface area contributed by atoms with Crippen molar-refractivity contribution in [2.45, 2.75) is 116 Å². The molecule has 0 saturated carbocycles. The summed E-state index contributed by atoms with van der Waals surface area (Å²) in [7, 11) is 0. The highest BCUT2D eigenvalue weighted by Crippen LogP contribution is 2.13. The standard InChI is InChI=1S/C21H42O4.H3P/c1-2-3-4-5-6-7-8-9-10-11-12-13-14-15-16-17-21(24)25-19-20(23)18-22;/h20,22-23H,2-19H2,1H3;1H3. The van der Waals surface area contributed by atoms with Crippen LogP contribution in [-0.4, -0.2) is 35.5 Å². The first-order chi connectivity index (χ1) is 12.2.